The van der Waals surface area contributed by atoms with Crippen molar-refractivity contribution < 1.29 is 17.9 Å². The van der Waals surface area contributed by atoms with Crippen LogP contribution in [0.1, 0.15) is 6.92 Å². The van der Waals surface area contributed by atoms with E-state index in [1.807, 2.05) is 0 Å². The standard InChI is InChI=1S/C13H21BrN2O4S/c1-10(9-20-3)16(6-7-19-2)21(17,18)13-8-11(14)4-5-12(13)15/h4-5,8,10H,6-7,9,15H2,1-3H3. The average molecular weight is 381 g/mol. The molecule has 8 heteroatoms. The minimum Gasteiger partial charge on any atom is -0.398 e. The number of anilines is 1. The summed E-state index contributed by atoms with van der Waals surface area (Å²) in [6.45, 7) is 2.60. The summed E-state index contributed by atoms with van der Waals surface area (Å²) >= 11 is 3.27. The Morgan fingerprint density at radius 2 is 2.00 bits per heavy atom. The number of rotatable bonds is 8. The van der Waals surface area contributed by atoms with Crippen LogP contribution in [0, 0.1) is 0 Å². The first-order valence-electron chi connectivity index (χ1n) is 6.39. The van der Waals surface area contributed by atoms with E-state index >= 15 is 0 Å². The van der Waals surface area contributed by atoms with Crippen molar-refractivity contribution in [1.82, 2.24) is 4.31 Å². The number of hydrogen-bond acceptors (Lipinski definition) is 5. The van der Waals surface area contributed by atoms with Gasteiger partial charge >= 0.3 is 0 Å². The summed E-state index contributed by atoms with van der Waals surface area (Å²) in [7, 11) is -0.670. The van der Waals surface area contributed by atoms with Crippen molar-refractivity contribution in [2.75, 3.05) is 39.7 Å². The molecule has 0 heterocycles. The highest BCUT2D eigenvalue weighted by Gasteiger charge is 2.30. The molecule has 2 N–H and O–H groups in total. The number of halogens is 1. The van der Waals surface area contributed by atoms with Gasteiger partial charge in [-0.2, -0.15) is 4.31 Å². The van der Waals surface area contributed by atoms with Crippen molar-refractivity contribution in [3.63, 3.8) is 0 Å². The SMILES string of the molecule is COCCN(C(C)COC)S(=O)(=O)c1cc(Br)ccc1N. The molecule has 0 bridgehead atoms. The molecule has 0 aromatic heterocycles. The quantitative estimate of drug-likeness (QED) is 0.694. The third-order valence-electron chi connectivity index (χ3n) is 2.98. The second-order valence-electron chi connectivity index (χ2n) is 4.60. The number of nitrogens with two attached hydrogens (primary N) is 1. The summed E-state index contributed by atoms with van der Waals surface area (Å²) in [5.41, 5.74) is 6.04. The first-order chi connectivity index (χ1) is 9.84. The van der Waals surface area contributed by atoms with Crippen LogP contribution in [0.2, 0.25) is 0 Å². The van der Waals surface area contributed by atoms with E-state index in [1.165, 1.54) is 24.6 Å². The van der Waals surface area contributed by atoms with Crippen molar-refractivity contribution in [3.8, 4) is 0 Å². The highest BCUT2D eigenvalue weighted by molar-refractivity contribution is 9.10. The molecule has 0 fully saturated rings. The van der Waals surface area contributed by atoms with E-state index in [2.05, 4.69) is 15.9 Å². The van der Waals surface area contributed by atoms with Crippen LogP contribution in [-0.2, 0) is 19.5 Å². The number of ether oxygens (including phenoxy) is 2. The number of benzene rings is 1. The van der Waals surface area contributed by atoms with Gasteiger partial charge in [0.1, 0.15) is 4.90 Å². The van der Waals surface area contributed by atoms with Gasteiger partial charge in [0, 0.05) is 31.3 Å². The minimum absolute atomic E-state index is 0.0796. The Labute approximate surface area is 134 Å². The third-order valence-corrected chi connectivity index (χ3v) is 5.54. The number of methoxy groups -OCH3 is 2. The number of hydrogen-bond donors (Lipinski definition) is 1. The van der Waals surface area contributed by atoms with Crippen molar-refractivity contribution in [2.24, 2.45) is 0 Å². The maximum atomic E-state index is 12.8. The van der Waals surface area contributed by atoms with Crippen molar-refractivity contribution in [2.45, 2.75) is 17.9 Å². The molecule has 120 valence electrons. The lowest BCUT2D eigenvalue weighted by Gasteiger charge is -2.28. The zero-order valence-electron chi connectivity index (χ0n) is 12.4. The molecule has 1 rings (SSSR count). The molecule has 0 spiro atoms. The van der Waals surface area contributed by atoms with Crippen LogP contribution in [0.5, 0.6) is 0 Å². The Morgan fingerprint density at radius 1 is 1.33 bits per heavy atom. The summed E-state index contributed by atoms with van der Waals surface area (Å²) in [6, 6.07) is 4.44. The van der Waals surface area contributed by atoms with E-state index in [-0.39, 0.29) is 29.8 Å². The van der Waals surface area contributed by atoms with Gasteiger partial charge in [-0.15, -0.1) is 0 Å². The van der Waals surface area contributed by atoms with E-state index in [4.69, 9.17) is 15.2 Å². The molecule has 0 aliphatic rings. The van der Waals surface area contributed by atoms with Gasteiger partial charge in [-0.1, -0.05) is 15.9 Å². The van der Waals surface area contributed by atoms with E-state index in [9.17, 15) is 8.42 Å². The lowest BCUT2D eigenvalue weighted by Crippen LogP contribution is -2.43. The van der Waals surface area contributed by atoms with Gasteiger partial charge in [0.25, 0.3) is 0 Å². The topological polar surface area (TPSA) is 81.9 Å². The van der Waals surface area contributed by atoms with Crippen LogP contribution in [0.3, 0.4) is 0 Å². The van der Waals surface area contributed by atoms with Crippen LogP contribution in [0.15, 0.2) is 27.6 Å². The van der Waals surface area contributed by atoms with Gasteiger partial charge in [0.05, 0.1) is 18.9 Å². The lowest BCUT2D eigenvalue weighted by molar-refractivity contribution is 0.119. The first-order valence-corrected chi connectivity index (χ1v) is 8.62. The fourth-order valence-corrected chi connectivity index (χ4v) is 4.20. The lowest BCUT2D eigenvalue weighted by atomic mass is 10.3. The predicted molar refractivity (Wildman–Crippen MR) is 85.7 cm³/mol. The zero-order chi connectivity index (χ0) is 16.0. The second-order valence-corrected chi connectivity index (χ2v) is 7.37. The molecule has 1 aromatic carbocycles. The molecule has 1 aromatic rings. The van der Waals surface area contributed by atoms with Crippen molar-refractivity contribution in [1.29, 1.82) is 0 Å². The minimum atomic E-state index is -3.73. The molecular formula is C13H21BrN2O4S. The predicted octanol–water partition coefficient (Wildman–Crippen LogP) is 1.70. The molecule has 0 amide bonds. The fourth-order valence-electron chi connectivity index (χ4n) is 1.94. The van der Waals surface area contributed by atoms with Crippen LogP contribution < -0.4 is 5.73 Å². The van der Waals surface area contributed by atoms with E-state index < -0.39 is 10.0 Å². The van der Waals surface area contributed by atoms with Gasteiger partial charge < -0.3 is 15.2 Å². The normalized spacial score (nSPS) is 13.6. The van der Waals surface area contributed by atoms with Crippen LogP contribution in [0.4, 0.5) is 5.69 Å². The largest absolute Gasteiger partial charge is 0.398 e. The molecule has 0 radical (unpaired) electrons. The van der Waals surface area contributed by atoms with Crippen molar-refractivity contribution in [3.05, 3.63) is 22.7 Å². The third kappa shape index (κ3) is 4.65. The van der Waals surface area contributed by atoms with E-state index in [1.54, 1.807) is 19.1 Å². The van der Waals surface area contributed by atoms with Crippen LogP contribution >= 0.6 is 15.9 Å². The molecule has 0 aliphatic heterocycles. The highest BCUT2D eigenvalue weighted by Crippen LogP contribution is 2.27. The summed E-state index contributed by atoms with van der Waals surface area (Å²) in [5, 5.41) is 0. The molecular weight excluding hydrogens is 360 g/mol. The molecule has 21 heavy (non-hydrogen) atoms. The zero-order valence-corrected chi connectivity index (χ0v) is 14.8. The highest BCUT2D eigenvalue weighted by atomic mass is 79.9. The van der Waals surface area contributed by atoms with E-state index in [0.717, 1.165) is 0 Å². The smallest absolute Gasteiger partial charge is 0.245 e. The molecule has 1 atom stereocenters. The maximum absolute atomic E-state index is 12.8. The molecule has 0 aliphatic carbocycles. The van der Waals surface area contributed by atoms with Gasteiger partial charge in [0.2, 0.25) is 10.0 Å². The monoisotopic (exact) mass is 380 g/mol. The Morgan fingerprint density at radius 3 is 2.57 bits per heavy atom. The maximum Gasteiger partial charge on any atom is 0.245 e. The van der Waals surface area contributed by atoms with Gasteiger partial charge in [0.15, 0.2) is 0 Å². The molecule has 0 saturated heterocycles. The summed E-state index contributed by atoms with van der Waals surface area (Å²) in [4.78, 5) is 0.0796. The Bertz CT molecular complexity index is 565. The number of sulfonamides is 1. The summed E-state index contributed by atoms with van der Waals surface area (Å²) in [6.07, 6.45) is 0. The fraction of sp³-hybridized carbons (Fsp3) is 0.538. The van der Waals surface area contributed by atoms with Gasteiger partial charge in [-0.25, -0.2) is 8.42 Å². The number of nitrogens with zero attached hydrogens (tertiary/aromatic N) is 1. The Hall–Kier alpha value is -0.670. The summed E-state index contributed by atoms with van der Waals surface area (Å²) in [5.74, 6) is 0. The van der Waals surface area contributed by atoms with Crippen molar-refractivity contribution >= 4 is 31.6 Å². The average Bonchev–Trinajstić information content (AvgIpc) is 2.42. The summed E-state index contributed by atoms with van der Waals surface area (Å²) < 4.78 is 37.7. The molecule has 6 nitrogen and oxygen atoms in total. The van der Waals surface area contributed by atoms with Crippen LogP contribution in [0.25, 0.3) is 0 Å². The number of nitrogen functional groups attached to an aromatic ring is 1. The Balaban J connectivity index is 3.22. The molecule has 0 saturated carbocycles. The van der Waals surface area contributed by atoms with Crippen LogP contribution in [-0.4, -0.2) is 52.7 Å². The van der Waals surface area contributed by atoms with Gasteiger partial charge in [-0.05, 0) is 25.1 Å². The molecule has 1 unspecified atom stereocenters. The van der Waals surface area contributed by atoms with E-state index in [0.29, 0.717) is 11.1 Å². The second kappa shape index (κ2) is 8.09. The first kappa shape index (κ1) is 18.4. The Kier molecular flexibility index (Phi) is 7.08. The van der Waals surface area contributed by atoms with Gasteiger partial charge in [-0.3, -0.25) is 0 Å².